The van der Waals surface area contributed by atoms with Gasteiger partial charge in [-0.3, -0.25) is 24.7 Å². The first kappa shape index (κ1) is 25.6. The van der Waals surface area contributed by atoms with E-state index >= 15 is 0 Å². The highest BCUT2D eigenvalue weighted by atomic mass is 32.1. The minimum atomic E-state index is -0.593. The number of nitro benzene ring substituents is 1. The summed E-state index contributed by atoms with van der Waals surface area (Å²) in [7, 11) is 4.38. The molecule has 0 saturated carbocycles. The number of nitro groups is 1. The van der Waals surface area contributed by atoms with Gasteiger partial charge in [-0.1, -0.05) is 11.3 Å². The molecule has 0 aliphatic carbocycles. The molecule has 1 aliphatic heterocycles. The molecule has 0 spiro atoms. The van der Waals surface area contributed by atoms with E-state index in [2.05, 4.69) is 9.88 Å². The molecule has 0 radical (unpaired) electrons. The van der Waals surface area contributed by atoms with Crippen LogP contribution < -0.4 is 19.1 Å². The summed E-state index contributed by atoms with van der Waals surface area (Å²) in [6.07, 6.45) is 0.659. The molecule has 11 nitrogen and oxygen atoms in total. The van der Waals surface area contributed by atoms with E-state index in [4.69, 9.17) is 18.9 Å². The third kappa shape index (κ3) is 5.50. The standard InChI is InChI=1S/C24H28N4O7S/c1-32-16-5-6-22-18(13-16)25-24(36-22)27(8-4-7-26-9-11-35-12-10-26)23(29)17-14-20(33-2)21(34-3)15-19(17)28(30)31/h5-6,13-15H,4,7-12H2,1-3H3. The summed E-state index contributed by atoms with van der Waals surface area (Å²) in [5.74, 6) is 0.524. The van der Waals surface area contributed by atoms with Gasteiger partial charge in [-0.15, -0.1) is 0 Å². The van der Waals surface area contributed by atoms with Gasteiger partial charge in [0, 0.05) is 38.3 Å². The van der Waals surface area contributed by atoms with Crippen LogP contribution in [0.15, 0.2) is 30.3 Å². The molecule has 0 bridgehead atoms. The average molecular weight is 517 g/mol. The first-order valence-corrected chi connectivity index (χ1v) is 12.2. The number of fused-ring (bicyclic) bond motifs is 1. The number of hydrogen-bond donors (Lipinski definition) is 0. The van der Waals surface area contributed by atoms with Crippen LogP contribution in [0.5, 0.6) is 17.2 Å². The van der Waals surface area contributed by atoms with Gasteiger partial charge in [-0.05, 0) is 18.6 Å². The Labute approximate surface area is 212 Å². The third-order valence-corrected chi connectivity index (χ3v) is 7.01. The molecular formula is C24H28N4O7S. The van der Waals surface area contributed by atoms with Gasteiger partial charge in [0.05, 0.1) is 55.7 Å². The molecule has 0 N–H and O–H groups in total. The normalized spacial score (nSPS) is 14.0. The van der Waals surface area contributed by atoms with Crippen molar-refractivity contribution >= 4 is 38.3 Å². The number of amides is 1. The predicted octanol–water partition coefficient (Wildman–Crippen LogP) is 3.60. The molecule has 1 fully saturated rings. The molecule has 0 atom stereocenters. The molecule has 2 heterocycles. The molecule has 1 aromatic heterocycles. The van der Waals surface area contributed by atoms with Crippen molar-refractivity contribution < 1.29 is 28.7 Å². The third-order valence-electron chi connectivity index (χ3n) is 5.95. The molecular weight excluding hydrogens is 488 g/mol. The van der Waals surface area contributed by atoms with Gasteiger partial charge in [0.1, 0.15) is 11.3 Å². The lowest BCUT2D eigenvalue weighted by molar-refractivity contribution is -0.385. The second kappa shape index (κ2) is 11.5. The van der Waals surface area contributed by atoms with E-state index in [-0.39, 0.29) is 22.7 Å². The summed E-state index contributed by atoms with van der Waals surface area (Å²) in [5.41, 5.74) is 0.224. The van der Waals surface area contributed by atoms with E-state index in [1.165, 1.54) is 42.6 Å². The number of morpholine rings is 1. The topological polar surface area (TPSA) is 117 Å². The number of methoxy groups -OCH3 is 3. The minimum Gasteiger partial charge on any atom is -0.497 e. The van der Waals surface area contributed by atoms with Crippen LogP contribution in [0, 0.1) is 10.1 Å². The largest absolute Gasteiger partial charge is 0.497 e. The SMILES string of the molecule is COc1ccc2sc(N(CCCN3CCOCC3)C(=O)c3cc(OC)c(OC)cc3[N+](=O)[O-])nc2c1. The first-order valence-electron chi connectivity index (χ1n) is 11.4. The summed E-state index contributed by atoms with van der Waals surface area (Å²) in [6, 6.07) is 8.06. The van der Waals surface area contributed by atoms with Gasteiger partial charge < -0.3 is 18.9 Å². The molecule has 1 saturated heterocycles. The fourth-order valence-corrected chi connectivity index (χ4v) is 5.01. The second-order valence-electron chi connectivity index (χ2n) is 8.08. The predicted molar refractivity (Wildman–Crippen MR) is 136 cm³/mol. The smallest absolute Gasteiger partial charge is 0.286 e. The van der Waals surface area contributed by atoms with Crippen molar-refractivity contribution in [3.05, 3.63) is 46.0 Å². The molecule has 1 amide bonds. The quantitative estimate of drug-likeness (QED) is 0.294. The highest BCUT2D eigenvalue weighted by molar-refractivity contribution is 7.22. The summed E-state index contributed by atoms with van der Waals surface area (Å²) in [6.45, 7) is 4.12. The van der Waals surface area contributed by atoms with Crippen molar-refractivity contribution in [1.29, 1.82) is 0 Å². The van der Waals surface area contributed by atoms with Gasteiger partial charge in [0.15, 0.2) is 16.6 Å². The minimum absolute atomic E-state index is 0.0964. The zero-order chi connectivity index (χ0) is 25.7. The molecule has 4 rings (SSSR count). The van der Waals surface area contributed by atoms with Crippen LogP contribution in [0.4, 0.5) is 10.8 Å². The summed E-state index contributed by atoms with van der Waals surface area (Å²) in [5, 5.41) is 12.3. The lowest BCUT2D eigenvalue weighted by Gasteiger charge is -2.27. The zero-order valence-electron chi connectivity index (χ0n) is 20.4. The van der Waals surface area contributed by atoms with Crippen LogP contribution in [-0.2, 0) is 4.74 Å². The van der Waals surface area contributed by atoms with Crippen molar-refractivity contribution in [3.8, 4) is 17.2 Å². The lowest BCUT2D eigenvalue weighted by atomic mass is 10.1. The summed E-state index contributed by atoms with van der Waals surface area (Å²) < 4.78 is 22.1. The molecule has 192 valence electrons. The van der Waals surface area contributed by atoms with E-state index in [1.807, 2.05) is 12.1 Å². The van der Waals surface area contributed by atoms with Crippen molar-refractivity contribution in [2.24, 2.45) is 0 Å². The number of nitrogens with zero attached hydrogens (tertiary/aromatic N) is 4. The van der Waals surface area contributed by atoms with Crippen LogP contribution in [0.1, 0.15) is 16.8 Å². The van der Waals surface area contributed by atoms with E-state index < -0.39 is 10.8 Å². The molecule has 2 aromatic carbocycles. The summed E-state index contributed by atoms with van der Waals surface area (Å²) >= 11 is 1.34. The Bertz CT molecular complexity index is 1240. The van der Waals surface area contributed by atoms with Crippen molar-refractivity contribution in [2.45, 2.75) is 6.42 Å². The van der Waals surface area contributed by atoms with Gasteiger partial charge in [0.25, 0.3) is 11.6 Å². The first-order chi connectivity index (χ1) is 17.4. The van der Waals surface area contributed by atoms with Gasteiger partial charge in [0.2, 0.25) is 0 Å². The van der Waals surface area contributed by atoms with Crippen LogP contribution in [0.3, 0.4) is 0 Å². The maximum Gasteiger partial charge on any atom is 0.286 e. The molecule has 36 heavy (non-hydrogen) atoms. The number of ether oxygens (including phenoxy) is 4. The van der Waals surface area contributed by atoms with Crippen LogP contribution in [0.25, 0.3) is 10.2 Å². The number of rotatable bonds is 10. The number of thiazole rings is 1. The van der Waals surface area contributed by atoms with Gasteiger partial charge >= 0.3 is 0 Å². The molecule has 1 aliphatic rings. The number of aromatic nitrogens is 1. The molecule has 3 aromatic rings. The fraction of sp³-hybridized carbons (Fsp3) is 0.417. The van der Waals surface area contributed by atoms with E-state index in [0.29, 0.717) is 42.6 Å². The highest BCUT2D eigenvalue weighted by Crippen LogP contribution is 2.37. The Kier molecular flexibility index (Phi) is 8.18. The Morgan fingerprint density at radius 2 is 1.86 bits per heavy atom. The van der Waals surface area contributed by atoms with Crippen molar-refractivity contribution in [1.82, 2.24) is 9.88 Å². The highest BCUT2D eigenvalue weighted by Gasteiger charge is 2.30. The van der Waals surface area contributed by atoms with Gasteiger partial charge in [-0.25, -0.2) is 4.98 Å². The number of benzene rings is 2. The fourth-order valence-electron chi connectivity index (χ4n) is 4.03. The monoisotopic (exact) mass is 516 g/mol. The number of hydrogen-bond acceptors (Lipinski definition) is 10. The average Bonchev–Trinajstić information content (AvgIpc) is 3.33. The van der Waals surface area contributed by atoms with E-state index in [0.717, 1.165) is 24.3 Å². The van der Waals surface area contributed by atoms with Crippen LogP contribution in [-0.4, -0.2) is 81.4 Å². The number of carbonyl (C=O) groups excluding carboxylic acids is 1. The number of carbonyl (C=O) groups is 1. The lowest BCUT2D eigenvalue weighted by Crippen LogP contribution is -2.39. The van der Waals surface area contributed by atoms with E-state index in [1.54, 1.807) is 13.2 Å². The maximum atomic E-state index is 13.9. The maximum absolute atomic E-state index is 13.9. The van der Waals surface area contributed by atoms with Crippen LogP contribution >= 0.6 is 11.3 Å². The molecule has 12 heteroatoms. The Hall–Kier alpha value is -3.48. The van der Waals surface area contributed by atoms with Crippen molar-refractivity contribution in [2.75, 3.05) is 65.6 Å². The Morgan fingerprint density at radius 1 is 1.14 bits per heavy atom. The Morgan fingerprint density at radius 3 is 2.53 bits per heavy atom. The number of anilines is 1. The zero-order valence-corrected chi connectivity index (χ0v) is 21.2. The van der Waals surface area contributed by atoms with Crippen molar-refractivity contribution in [3.63, 3.8) is 0 Å². The van der Waals surface area contributed by atoms with Crippen LogP contribution in [0.2, 0.25) is 0 Å². The molecule has 0 unspecified atom stereocenters. The van der Waals surface area contributed by atoms with Gasteiger partial charge in [-0.2, -0.15) is 0 Å². The van der Waals surface area contributed by atoms with E-state index in [9.17, 15) is 14.9 Å². The Balaban J connectivity index is 1.70. The summed E-state index contributed by atoms with van der Waals surface area (Å²) in [4.78, 5) is 33.6. The second-order valence-corrected chi connectivity index (χ2v) is 9.09.